The van der Waals surface area contributed by atoms with Crippen LogP contribution >= 0.6 is 12.2 Å². The Bertz CT molecular complexity index is 1190. The molecule has 0 radical (unpaired) electrons. The average Bonchev–Trinajstić information content (AvgIpc) is 3.20. The van der Waals surface area contributed by atoms with E-state index in [1.807, 2.05) is 97.3 Å². The smallest absolute Gasteiger partial charge is 0.270 e. The molecule has 1 aliphatic rings. The highest BCUT2D eigenvalue weighted by molar-refractivity contribution is 7.80. The molecule has 31 heavy (non-hydrogen) atoms. The summed E-state index contributed by atoms with van der Waals surface area (Å²) in [6.45, 7) is 1.96. The van der Waals surface area contributed by atoms with Crippen molar-refractivity contribution in [1.82, 2.24) is 9.88 Å². The van der Waals surface area contributed by atoms with E-state index in [9.17, 15) is 9.59 Å². The Labute approximate surface area is 186 Å². The van der Waals surface area contributed by atoms with E-state index in [0.717, 1.165) is 16.9 Å². The highest BCUT2D eigenvalue weighted by atomic mass is 32.1. The van der Waals surface area contributed by atoms with Gasteiger partial charge in [-0.3, -0.25) is 19.8 Å². The molecule has 0 bridgehead atoms. The quantitative estimate of drug-likeness (QED) is 0.390. The number of hydrogen-bond donors (Lipinski definition) is 1. The van der Waals surface area contributed by atoms with E-state index in [2.05, 4.69) is 5.32 Å². The molecule has 0 aliphatic carbocycles. The molecule has 156 valence electrons. The van der Waals surface area contributed by atoms with E-state index in [1.165, 1.54) is 4.90 Å². The highest BCUT2D eigenvalue weighted by Crippen LogP contribution is 2.24. The number of carbonyl (C=O) groups is 2. The molecule has 1 N–H and O–H groups in total. The van der Waals surface area contributed by atoms with Crippen LogP contribution in [0, 0.1) is 6.92 Å². The third-order valence-corrected chi connectivity index (χ3v) is 5.40. The van der Waals surface area contributed by atoms with E-state index < -0.39 is 11.8 Å². The maximum atomic E-state index is 13.2. The van der Waals surface area contributed by atoms with Crippen molar-refractivity contribution in [2.45, 2.75) is 6.92 Å². The number of rotatable bonds is 4. The minimum absolute atomic E-state index is 0.0269. The van der Waals surface area contributed by atoms with Crippen LogP contribution in [0.3, 0.4) is 0 Å². The number of aryl methyl sites for hydroxylation is 1. The lowest BCUT2D eigenvalue weighted by atomic mass is 10.1. The van der Waals surface area contributed by atoms with E-state index in [-0.39, 0.29) is 10.7 Å². The molecule has 2 heterocycles. The van der Waals surface area contributed by atoms with Crippen molar-refractivity contribution >= 4 is 46.6 Å². The van der Waals surface area contributed by atoms with E-state index in [0.29, 0.717) is 11.4 Å². The Balaban J connectivity index is 1.70. The Hall–Kier alpha value is -3.71. The second-order valence-electron chi connectivity index (χ2n) is 7.51. The van der Waals surface area contributed by atoms with Gasteiger partial charge in [0, 0.05) is 37.4 Å². The molecule has 1 aromatic heterocycles. The lowest BCUT2D eigenvalue weighted by molar-refractivity contribution is -0.122. The molecule has 2 amide bonds. The number of anilines is 2. The Morgan fingerprint density at radius 3 is 2.23 bits per heavy atom. The number of thiocarbonyl (C=S) groups is 1. The van der Waals surface area contributed by atoms with Crippen LogP contribution < -0.4 is 15.1 Å². The third-order valence-electron chi connectivity index (χ3n) is 5.11. The van der Waals surface area contributed by atoms with Gasteiger partial charge in [-0.1, -0.05) is 17.7 Å². The molecule has 6 nitrogen and oxygen atoms in total. The second-order valence-corrected chi connectivity index (χ2v) is 7.89. The SMILES string of the molecule is Cc1ccc(N2C(=O)C(=Cc3cccn3-c3ccc(N(C)C)cc3)C(=O)NC2=S)cc1. The van der Waals surface area contributed by atoms with Crippen molar-refractivity contribution in [2.75, 3.05) is 23.9 Å². The molecular formula is C24H22N4O2S. The molecule has 0 unspecified atom stereocenters. The van der Waals surface area contributed by atoms with Gasteiger partial charge in [0.05, 0.1) is 5.69 Å². The summed E-state index contributed by atoms with van der Waals surface area (Å²) in [6, 6.07) is 19.2. The minimum Gasteiger partial charge on any atom is -0.378 e. The van der Waals surface area contributed by atoms with E-state index >= 15 is 0 Å². The van der Waals surface area contributed by atoms with Crippen LogP contribution in [0.1, 0.15) is 11.3 Å². The highest BCUT2D eigenvalue weighted by Gasteiger charge is 2.34. The maximum Gasteiger partial charge on any atom is 0.270 e. The molecule has 1 saturated heterocycles. The fraction of sp³-hybridized carbons (Fsp3) is 0.125. The predicted molar refractivity (Wildman–Crippen MR) is 127 cm³/mol. The summed E-state index contributed by atoms with van der Waals surface area (Å²) in [5.74, 6) is -0.956. The number of amides is 2. The van der Waals surface area contributed by atoms with Crippen LogP contribution in [0.15, 0.2) is 72.4 Å². The van der Waals surface area contributed by atoms with Gasteiger partial charge in [-0.05, 0) is 73.7 Å². The average molecular weight is 431 g/mol. The first-order chi connectivity index (χ1) is 14.8. The first-order valence-electron chi connectivity index (χ1n) is 9.78. The van der Waals surface area contributed by atoms with Crippen LogP contribution in [0.25, 0.3) is 11.8 Å². The normalized spacial score (nSPS) is 15.4. The largest absolute Gasteiger partial charge is 0.378 e. The molecule has 4 rings (SSSR count). The van der Waals surface area contributed by atoms with Gasteiger partial charge < -0.3 is 9.47 Å². The third kappa shape index (κ3) is 4.00. The number of hydrogen-bond acceptors (Lipinski definition) is 4. The van der Waals surface area contributed by atoms with Crippen LogP contribution in [0.5, 0.6) is 0 Å². The van der Waals surface area contributed by atoms with E-state index in [4.69, 9.17) is 12.2 Å². The Morgan fingerprint density at radius 2 is 1.58 bits per heavy atom. The van der Waals surface area contributed by atoms with Gasteiger partial charge in [-0.15, -0.1) is 0 Å². The van der Waals surface area contributed by atoms with Crippen molar-refractivity contribution in [2.24, 2.45) is 0 Å². The Kier molecular flexibility index (Phi) is 5.44. The summed E-state index contributed by atoms with van der Waals surface area (Å²) in [4.78, 5) is 29.2. The molecule has 1 aliphatic heterocycles. The fourth-order valence-corrected chi connectivity index (χ4v) is 3.67. The number of nitrogens with one attached hydrogen (secondary N) is 1. The summed E-state index contributed by atoms with van der Waals surface area (Å²) in [7, 11) is 3.97. The first kappa shape index (κ1) is 20.6. The number of benzene rings is 2. The van der Waals surface area contributed by atoms with Crippen LogP contribution in [0.4, 0.5) is 11.4 Å². The van der Waals surface area contributed by atoms with Gasteiger partial charge in [0.15, 0.2) is 5.11 Å². The zero-order valence-electron chi connectivity index (χ0n) is 17.5. The monoisotopic (exact) mass is 430 g/mol. The first-order valence-corrected chi connectivity index (χ1v) is 10.2. The van der Waals surface area contributed by atoms with Gasteiger partial charge in [-0.2, -0.15) is 0 Å². The maximum absolute atomic E-state index is 13.2. The van der Waals surface area contributed by atoms with Crippen LogP contribution in [-0.4, -0.2) is 35.6 Å². The fourth-order valence-electron chi connectivity index (χ4n) is 3.39. The molecule has 1 fully saturated rings. The number of nitrogens with zero attached hydrogens (tertiary/aromatic N) is 3. The molecule has 0 atom stereocenters. The number of carbonyl (C=O) groups excluding carboxylic acids is 2. The summed E-state index contributed by atoms with van der Waals surface area (Å²) in [5.41, 5.74) is 4.43. The van der Waals surface area contributed by atoms with Gasteiger partial charge in [0.2, 0.25) is 0 Å². The summed E-state index contributed by atoms with van der Waals surface area (Å²) in [6.07, 6.45) is 3.49. The zero-order valence-corrected chi connectivity index (χ0v) is 18.3. The van der Waals surface area contributed by atoms with Crippen LogP contribution in [-0.2, 0) is 9.59 Å². The van der Waals surface area contributed by atoms with Gasteiger partial charge in [-0.25, -0.2) is 0 Å². The summed E-state index contributed by atoms with van der Waals surface area (Å²) in [5, 5.41) is 2.70. The molecule has 3 aromatic rings. The Morgan fingerprint density at radius 1 is 0.935 bits per heavy atom. The second kappa shape index (κ2) is 8.20. The molecule has 0 saturated carbocycles. The van der Waals surface area contributed by atoms with Gasteiger partial charge in [0.1, 0.15) is 5.57 Å². The zero-order chi connectivity index (χ0) is 22.1. The number of aromatic nitrogens is 1. The van der Waals surface area contributed by atoms with Gasteiger partial charge >= 0.3 is 0 Å². The lowest BCUT2D eigenvalue weighted by Gasteiger charge is -2.29. The van der Waals surface area contributed by atoms with Crippen molar-refractivity contribution in [3.8, 4) is 5.69 Å². The predicted octanol–water partition coefficient (Wildman–Crippen LogP) is 3.68. The molecule has 0 spiro atoms. The minimum atomic E-state index is -0.505. The topological polar surface area (TPSA) is 57.6 Å². The van der Waals surface area contributed by atoms with Gasteiger partial charge in [0.25, 0.3) is 11.8 Å². The molecular weight excluding hydrogens is 408 g/mol. The standard InChI is InChI=1S/C24H22N4O2S/c1-16-6-8-19(9-7-16)28-23(30)21(22(29)25-24(28)31)15-20-5-4-14-27(20)18-12-10-17(11-13-18)26(2)3/h4-15H,1-3H3,(H,25,29,31). The molecule has 7 heteroatoms. The van der Waals surface area contributed by atoms with E-state index in [1.54, 1.807) is 6.08 Å². The van der Waals surface area contributed by atoms with Crippen molar-refractivity contribution in [3.63, 3.8) is 0 Å². The molecule has 2 aromatic carbocycles. The lowest BCUT2D eigenvalue weighted by Crippen LogP contribution is -2.54. The summed E-state index contributed by atoms with van der Waals surface area (Å²) < 4.78 is 1.93. The summed E-state index contributed by atoms with van der Waals surface area (Å²) >= 11 is 5.27. The van der Waals surface area contributed by atoms with Crippen molar-refractivity contribution in [3.05, 3.63) is 83.7 Å². The van der Waals surface area contributed by atoms with Crippen molar-refractivity contribution in [1.29, 1.82) is 0 Å². The van der Waals surface area contributed by atoms with Crippen molar-refractivity contribution < 1.29 is 9.59 Å². The van der Waals surface area contributed by atoms with Crippen LogP contribution in [0.2, 0.25) is 0 Å².